The Morgan fingerprint density at radius 1 is 1.12 bits per heavy atom. The van der Waals surface area contributed by atoms with Crippen LogP contribution in [0.15, 0.2) is 12.7 Å². The van der Waals surface area contributed by atoms with Crippen molar-refractivity contribution in [2.75, 3.05) is 0 Å². The highest BCUT2D eigenvalue weighted by molar-refractivity contribution is 5.04. The van der Waals surface area contributed by atoms with Crippen LogP contribution in [0.5, 0.6) is 0 Å². The Labute approximate surface area is 103 Å². The molecule has 0 amide bonds. The van der Waals surface area contributed by atoms with Crippen LogP contribution in [-0.4, -0.2) is 0 Å². The first-order valence-corrected chi connectivity index (χ1v) is 7.40. The van der Waals surface area contributed by atoms with Gasteiger partial charge >= 0.3 is 0 Å². The summed E-state index contributed by atoms with van der Waals surface area (Å²) in [5.74, 6) is 1.04. The van der Waals surface area contributed by atoms with Gasteiger partial charge in [0.2, 0.25) is 0 Å². The minimum atomic E-state index is 0.698. The predicted molar refractivity (Wildman–Crippen MR) is 73.6 cm³/mol. The molecule has 0 bridgehead atoms. The van der Waals surface area contributed by atoms with Crippen LogP contribution in [0, 0.1) is 11.3 Å². The molecule has 1 aliphatic rings. The molecule has 0 spiro atoms. The lowest BCUT2D eigenvalue weighted by atomic mass is 9.91. The van der Waals surface area contributed by atoms with E-state index in [4.69, 9.17) is 0 Å². The minimum absolute atomic E-state index is 0.698. The second-order valence-corrected chi connectivity index (χ2v) is 5.71. The van der Waals surface area contributed by atoms with Crippen molar-refractivity contribution in [1.82, 2.24) is 0 Å². The molecule has 2 atom stereocenters. The normalized spacial score (nSPS) is 28.0. The number of hydrogen-bond acceptors (Lipinski definition) is 0. The Balaban J connectivity index is 2.20. The molecule has 0 aliphatic heterocycles. The van der Waals surface area contributed by atoms with Crippen LogP contribution in [0.2, 0.25) is 0 Å². The highest BCUT2D eigenvalue weighted by Gasteiger charge is 2.50. The van der Waals surface area contributed by atoms with E-state index in [0.29, 0.717) is 5.41 Å². The molecule has 0 heterocycles. The first kappa shape index (κ1) is 13.8. The minimum Gasteiger partial charge on any atom is -0.103 e. The molecule has 0 aromatic carbocycles. The molecule has 0 nitrogen and oxygen atoms in total. The summed E-state index contributed by atoms with van der Waals surface area (Å²) in [6.07, 6.45) is 16.3. The standard InChI is InChI=1S/C16H30/c1-4-7-9-10-11-15-14-16(15,12-6-3)13-8-5-2/h6,15H,3-5,7-14H2,1-2H3/t15?,16-/m1/s1. The fourth-order valence-corrected chi connectivity index (χ4v) is 3.13. The number of allylic oxidation sites excluding steroid dienone is 1. The third kappa shape index (κ3) is 3.96. The van der Waals surface area contributed by atoms with Crippen molar-refractivity contribution in [3.05, 3.63) is 12.7 Å². The zero-order valence-corrected chi connectivity index (χ0v) is 11.4. The van der Waals surface area contributed by atoms with Gasteiger partial charge < -0.3 is 0 Å². The molecule has 0 radical (unpaired) electrons. The van der Waals surface area contributed by atoms with Crippen molar-refractivity contribution >= 4 is 0 Å². The fourth-order valence-electron chi connectivity index (χ4n) is 3.13. The van der Waals surface area contributed by atoms with Gasteiger partial charge in [-0.2, -0.15) is 0 Å². The Bertz CT molecular complexity index is 194. The SMILES string of the molecule is C=CC[C@@]1(CCCC)CC1CCCCCC. The van der Waals surface area contributed by atoms with E-state index in [2.05, 4.69) is 26.5 Å². The molecule has 0 aromatic rings. The molecular weight excluding hydrogens is 192 g/mol. The quantitative estimate of drug-likeness (QED) is 0.327. The van der Waals surface area contributed by atoms with Gasteiger partial charge in [0.05, 0.1) is 0 Å². The second-order valence-electron chi connectivity index (χ2n) is 5.71. The lowest BCUT2D eigenvalue weighted by molar-refractivity contribution is 0.389. The summed E-state index contributed by atoms with van der Waals surface area (Å²) in [5.41, 5.74) is 0.698. The van der Waals surface area contributed by atoms with Gasteiger partial charge in [-0.05, 0) is 37.0 Å². The molecule has 0 heteroatoms. The monoisotopic (exact) mass is 222 g/mol. The maximum atomic E-state index is 3.94. The lowest BCUT2D eigenvalue weighted by Gasteiger charge is -2.14. The summed E-state index contributed by atoms with van der Waals surface area (Å²) in [6.45, 7) is 8.54. The van der Waals surface area contributed by atoms with Crippen molar-refractivity contribution in [1.29, 1.82) is 0 Å². The summed E-state index contributed by atoms with van der Waals surface area (Å²) in [5, 5.41) is 0. The summed E-state index contributed by atoms with van der Waals surface area (Å²) >= 11 is 0. The van der Waals surface area contributed by atoms with Crippen molar-refractivity contribution in [2.24, 2.45) is 11.3 Å². The van der Waals surface area contributed by atoms with E-state index >= 15 is 0 Å². The lowest BCUT2D eigenvalue weighted by Crippen LogP contribution is -2.03. The maximum absolute atomic E-state index is 3.94. The molecular formula is C16H30. The van der Waals surface area contributed by atoms with E-state index in [9.17, 15) is 0 Å². The number of hydrogen-bond donors (Lipinski definition) is 0. The van der Waals surface area contributed by atoms with Crippen molar-refractivity contribution in [3.8, 4) is 0 Å². The molecule has 1 saturated carbocycles. The predicted octanol–water partition coefficient (Wildman–Crippen LogP) is 5.73. The van der Waals surface area contributed by atoms with E-state index in [-0.39, 0.29) is 0 Å². The summed E-state index contributed by atoms with van der Waals surface area (Å²) in [4.78, 5) is 0. The Hall–Kier alpha value is -0.260. The van der Waals surface area contributed by atoms with Crippen LogP contribution in [0.3, 0.4) is 0 Å². The Kier molecular flexibility index (Phi) is 6.16. The van der Waals surface area contributed by atoms with Crippen molar-refractivity contribution in [2.45, 2.75) is 78.1 Å². The Morgan fingerprint density at radius 2 is 1.88 bits per heavy atom. The van der Waals surface area contributed by atoms with Gasteiger partial charge in [-0.3, -0.25) is 0 Å². The van der Waals surface area contributed by atoms with E-state index < -0.39 is 0 Å². The smallest absolute Gasteiger partial charge is 0.0232 e. The highest BCUT2D eigenvalue weighted by atomic mass is 14.6. The van der Waals surface area contributed by atoms with Crippen molar-refractivity contribution < 1.29 is 0 Å². The summed E-state index contributed by atoms with van der Waals surface area (Å²) in [7, 11) is 0. The van der Waals surface area contributed by atoms with E-state index in [1.807, 2.05) is 0 Å². The first-order chi connectivity index (χ1) is 7.79. The fraction of sp³-hybridized carbons (Fsp3) is 0.875. The number of unbranched alkanes of at least 4 members (excludes halogenated alkanes) is 4. The zero-order chi connectivity index (χ0) is 11.9. The molecule has 1 fully saturated rings. The van der Waals surface area contributed by atoms with Crippen LogP contribution in [0.4, 0.5) is 0 Å². The van der Waals surface area contributed by atoms with Crippen LogP contribution < -0.4 is 0 Å². The molecule has 1 unspecified atom stereocenters. The van der Waals surface area contributed by atoms with Gasteiger partial charge in [0, 0.05) is 0 Å². The molecule has 94 valence electrons. The van der Waals surface area contributed by atoms with E-state index in [1.54, 1.807) is 0 Å². The topological polar surface area (TPSA) is 0 Å². The zero-order valence-electron chi connectivity index (χ0n) is 11.4. The van der Waals surface area contributed by atoms with Crippen LogP contribution in [-0.2, 0) is 0 Å². The van der Waals surface area contributed by atoms with Crippen LogP contribution in [0.1, 0.15) is 78.1 Å². The second kappa shape index (κ2) is 7.14. The average Bonchev–Trinajstić information content (AvgIpc) is 2.96. The van der Waals surface area contributed by atoms with Gasteiger partial charge in [-0.25, -0.2) is 0 Å². The molecule has 1 rings (SSSR count). The van der Waals surface area contributed by atoms with E-state index in [1.165, 1.54) is 64.2 Å². The van der Waals surface area contributed by atoms with Gasteiger partial charge in [-0.1, -0.05) is 58.4 Å². The summed E-state index contributed by atoms with van der Waals surface area (Å²) in [6, 6.07) is 0. The molecule has 0 aromatic heterocycles. The number of rotatable bonds is 10. The summed E-state index contributed by atoms with van der Waals surface area (Å²) < 4.78 is 0. The maximum Gasteiger partial charge on any atom is -0.0232 e. The third-order valence-corrected chi connectivity index (χ3v) is 4.34. The molecule has 0 saturated heterocycles. The first-order valence-electron chi connectivity index (χ1n) is 7.40. The largest absolute Gasteiger partial charge is 0.103 e. The van der Waals surface area contributed by atoms with Crippen molar-refractivity contribution in [3.63, 3.8) is 0 Å². The third-order valence-electron chi connectivity index (χ3n) is 4.34. The van der Waals surface area contributed by atoms with E-state index in [0.717, 1.165) is 5.92 Å². The molecule has 16 heavy (non-hydrogen) atoms. The van der Waals surface area contributed by atoms with Gasteiger partial charge in [0.1, 0.15) is 0 Å². The molecule has 0 N–H and O–H groups in total. The average molecular weight is 222 g/mol. The van der Waals surface area contributed by atoms with Gasteiger partial charge in [0.15, 0.2) is 0 Å². The van der Waals surface area contributed by atoms with Crippen LogP contribution >= 0.6 is 0 Å². The molecule has 1 aliphatic carbocycles. The van der Waals surface area contributed by atoms with Gasteiger partial charge in [-0.15, -0.1) is 6.58 Å². The Morgan fingerprint density at radius 3 is 2.50 bits per heavy atom. The van der Waals surface area contributed by atoms with Crippen LogP contribution in [0.25, 0.3) is 0 Å². The highest BCUT2D eigenvalue weighted by Crippen LogP contribution is 2.60. The van der Waals surface area contributed by atoms with Gasteiger partial charge in [0.25, 0.3) is 0 Å².